The molecule has 1 aliphatic heterocycles. The number of epoxide rings is 1. The smallest absolute Gasteiger partial charge is 0.343 e. The number of rotatable bonds is 3. The number of methoxy groups -OCH3 is 1. The van der Waals surface area contributed by atoms with E-state index in [0.717, 1.165) is 0 Å². The third kappa shape index (κ3) is 1.15. The fourth-order valence-electron chi connectivity index (χ4n) is 1.44. The third-order valence-electron chi connectivity index (χ3n) is 2.32. The van der Waals surface area contributed by atoms with Gasteiger partial charge in [0.2, 0.25) is 5.60 Å². The molecule has 1 aliphatic rings. The maximum absolute atomic E-state index is 11.0. The molecule has 4 heteroatoms. The van der Waals surface area contributed by atoms with Crippen molar-refractivity contribution < 1.29 is 19.4 Å². The monoisotopic (exact) mass is 194 g/mol. The van der Waals surface area contributed by atoms with Crippen molar-refractivity contribution >= 4 is 5.97 Å². The van der Waals surface area contributed by atoms with Gasteiger partial charge in [0.05, 0.1) is 13.7 Å². The SMILES string of the molecule is COc1ccccc1C1(C(=O)O)CO1. The van der Waals surface area contributed by atoms with E-state index in [1.165, 1.54) is 7.11 Å². The van der Waals surface area contributed by atoms with Gasteiger partial charge in [-0.2, -0.15) is 0 Å². The minimum Gasteiger partial charge on any atom is -0.496 e. The van der Waals surface area contributed by atoms with Crippen molar-refractivity contribution in [1.29, 1.82) is 0 Å². The average Bonchev–Trinajstić information content (AvgIpc) is 2.98. The van der Waals surface area contributed by atoms with Gasteiger partial charge in [0, 0.05) is 5.56 Å². The number of carboxylic acids is 1. The highest BCUT2D eigenvalue weighted by atomic mass is 16.6. The number of carbonyl (C=O) groups is 1. The average molecular weight is 194 g/mol. The molecular formula is C10H10O4. The van der Waals surface area contributed by atoms with Crippen molar-refractivity contribution in [2.45, 2.75) is 5.60 Å². The van der Waals surface area contributed by atoms with Crippen molar-refractivity contribution in [3.05, 3.63) is 29.8 Å². The molecule has 0 amide bonds. The summed E-state index contributed by atoms with van der Waals surface area (Å²) in [5.74, 6) is -0.422. The summed E-state index contributed by atoms with van der Waals surface area (Å²) in [5, 5.41) is 9.00. The van der Waals surface area contributed by atoms with Gasteiger partial charge in [-0.05, 0) is 6.07 Å². The number of para-hydroxylation sites is 1. The fourth-order valence-corrected chi connectivity index (χ4v) is 1.44. The molecule has 0 aromatic heterocycles. The van der Waals surface area contributed by atoms with E-state index in [9.17, 15) is 4.79 Å². The van der Waals surface area contributed by atoms with Gasteiger partial charge in [-0.3, -0.25) is 0 Å². The second kappa shape index (κ2) is 2.99. The van der Waals surface area contributed by atoms with Crippen molar-refractivity contribution in [3.63, 3.8) is 0 Å². The molecule has 4 nitrogen and oxygen atoms in total. The Balaban J connectivity index is 2.46. The lowest BCUT2D eigenvalue weighted by atomic mass is 9.99. The zero-order valence-electron chi connectivity index (χ0n) is 7.69. The van der Waals surface area contributed by atoms with E-state index >= 15 is 0 Å². The molecule has 1 heterocycles. The van der Waals surface area contributed by atoms with Crippen LogP contribution in [-0.2, 0) is 15.1 Å². The Hall–Kier alpha value is -1.55. The van der Waals surface area contributed by atoms with Crippen molar-refractivity contribution in [2.75, 3.05) is 13.7 Å². The van der Waals surface area contributed by atoms with Gasteiger partial charge in [-0.15, -0.1) is 0 Å². The standard InChI is InChI=1S/C10H10O4/c1-13-8-5-3-2-4-7(8)10(6-14-10)9(11)12/h2-5H,6H2,1H3,(H,11,12). The van der Waals surface area contributed by atoms with E-state index < -0.39 is 11.6 Å². The van der Waals surface area contributed by atoms with Crippen LogP contribution in [0.25, 0.3) is 0 Å². The molecular weight excluding hydrogens is 184 g/mol. The molecule has 2 rings (SSSR count). The maximum Gasteiger partial charge on any atom is 0.343 e. The molecule has 1 N–H and O–H groups in total. The first-order valence-electron chi connectivity index (χ1n) is 4.21. The molecule has 0 aliphatic carbocycles. The fraction of sp³-hybridized carbons (Fsp3) is 0.300. The van der Waals surface area contributed by atoms with Gasteiger partial charge in [-0.25, -0.2) is 4.79 Å². The molecule has 0 bridgehead atoms. The lowest BCUT2D eigenvalue weighted by Crippen LogP contribution is -2.22. The highest BCUT2D eigenvalue weighted by molar-refractivity contribution is 5.83. The van der Waals surface area contributed by atoms with Crippen LogP contribution in [0.1, 0.15) is 5.56 Å². The molecule has 1 saturated heterocycles. The first-order chi connectivity index (χ1) is 6.70. The van der Waals surface area contributed by atoms with Crippen molar-refractivity contribution in [1.82, 2.24) is 0 Å². The molecule has 0 radical (unpaired) electrons. The summed E-state index contributed by atoms with van der Waals surface area (Å²) in [4.78, 5) is 11.0. The summed E-state index contributed by atoms with van der Waals surface area (Å²) in [7, 11) is 1.51. The van der Waals surface area contributed by atoms with E-state index in [2.05, 4.69) is 0 Å². The number of hydrogen-bond donors (Lipinski definition) is 1. The van der Waals surface area contributed by atoms with Crippen LogP contribution in [0.3, 0.4) is 0 Å². The second-order valence-corrected chi connectivity index (χ2v) is 3.12. The van der Waals surface area contributed by atoms with E-state index in [-0.39, 0.29) is 6.61 Å². The van der Waals surface area contributed by atoms with Crippen molar-refractivity contribution in [2.24, 2.45) is 0 Å². The van der Waals surface area contributed by atoms with Gasteiger partial charge < -0.3 is 14.6 Å². The minimum absolute atomic E-state index is 0.211. The van der Waals surface area contributed by atoms with Crippen LogP contribution in [-0.4, -0.2) is 24.8 Å². The number of hydrogen-bond acceptors (Lipinski definition) is 3. The Morgan fingerprint density at radius 3 is 2.71 bits per heavy atom. The molecule has 0 saturated carbocycles. The Morgan fingerprint density at radius 1 is 1.57 bits per heavy atom. The van der Waals surface area contributed by atoms with Gasteiger partial charge >= 0.3 is 5.97 Å². The predicted molar refractivity (Wildman–Crippen MR) is 48.3 cm³/mol. The lowest BCUT2D eigenvalue weighted by molar-refractivity contribution is -0.143. The van der Waals surface area contributed by atoms with E-state index in [1.54, 1.807) is 24.3 Å². The Labute approximate surface area is 81.1 Å². The summed E-state index contributed by atoms with van der Waals surface area (Å²) in [6, 6.07) is 6.99. The van der Waals surface area contributed by atoms with E-state index in [0.29, 0.717) is 11.3 Å². The first kappa shape index (κ1) is 9.02. The van der Waals surface area contributed by atoms with Gasteiger partial charge in [-0.1, -0.05) is 18.2 Å². The normalized spacial score (nSPS) is 24.4. The first-order valence-corrected chi connectivity index (χ1v) is 4.21. The third-order valence-corrected chi connectivity index (χ3v) is 2.32. The quantitative estimate of drug-likeness (QED) is 0.729. The summed E-state index contributed by atoms with van der Waals surface area (Å²) < 4.78 is 10.1. The number of aliphatic carboxylic acids is 1. The zero-order valence-corrected chi connectivity index (χ0v) is 7.69. The molecule has 1 atom stereocenters. The minimum atomic E-state index is -1.17. The van der Waals surface area contributed by atoms with Crippen LogP contribution in [0.15, 0.2) is 24.3 Å². The number of benzene rings is 1. The second-order valence-electron chi connectivity index (χ2n) is 3.12. The van der Waals surface area contributed by atoms with Gasteiger partial charge in [0.1, 0.15) is 5.75 Å². The maximum atomic E-state index is 11.0. The Bertz CT molecular complexity index is 368. The van der Waals surface area contributed by atoms with Crippen LogP contribution >= 0.6 is 0 Å². The van der Waals surface area contributed by atoms with E-state index in [1.807, 2.05) is 0 Å². The van der Waals surface area contributed by atoms with Crippen LogP contribution in [0.4, 0.5) is 0 Å². The molecule has 1 aromatic carbocycles. The van der Waals surface area contributed by atoms with Crippen LogP contribution in [0.5, 0.6) is 5.75 Å². The Morgan fingerprint density at radius 2 is 2.21 bits per heavy atom. The highest BCUT2D eigenvalue weighted by Gasteiger charge is 2.56. The largest absolute Gasteiger partial charge is 0.496 e. The molecule has 14 heavy (non-hydrogen) atoms. The molecule has 1 unspecified atom stereocenters. The molecule has 74 valence electrons. The predicted octanol–water partition coefficient (Wildman–Crippen LogP) is 1.01. The van der Waals surface area contributed by atoms with Crippen molar-refractivity contribution in [3.8, 4) is 5.75 Å². The number of carboxylic acid groups (broad SMARTS) is 1. The zero-order chi connectivity index (χ0) is 10.2. The summed E-state index contributed by atoms with van der Waals surface area (Å²) in [5.41, 5.74) is -0.595. The number of ether oxygens (including phenoxy) is 2. The topological polar surface area (TPSA) is 59.1 Å². The highest BCUT2D eigenvalue weighted by Crippen LogP contribution is 2.43. The van der Waals surface area contributed by atoms with Gasteiger partial charge in [0.25, 0.3) is 0 Å². The molecule has 0 spiro atoms. The van der Waals surface area contributed by atoms with Crippen LogP contribution in [0, 0.1) is 0 Å². The molecule has 1 fully saturated rings. The molecule has 1 aromatic rings. The summed E-state index contributed by atoms with van der Waals surface area (Å²) in [6.07, 6.45) is 0. The summed E-state index contributed by atoms with van der Waals surface area (Å²) in [6.45, 7) is 0.211. The van der Waals surface area contributed by atoms with Crippen LogP contribution < -0.4 is 4.74 Å². The van der Waals surface area contributed by atoms with E-state index in [4.69, 9.17) is 14.6 Å². The van der Waals surface area contributed by atoms with Crippen LogP contribution in [0.2, 0.25) is 0 Å². The summed E-state index contributed by atoms with van der Waals surface area (Å²) >= 11 is 0. The Kier molecular flexibility index (Phi) is 1.93. The van der Waals surface area contributed by atoms with Gasteiger partial charge in [0.15, 0.2) is 0 Å². The lowest BCUT2D eigenvalue weighted by Gasteiger charge is -2.11.